The summed E-state index contributed by atoms with van der Waals surface area (Å²) in [6, 6.07) is 1.46. The molecular weight excluding hydrogens is 318 g/mol. The lowest BCUT2D eigenvalue weighted by Gasteiger charge is -2.16. The van der Waals surface area contributed by atoms with Gasteiger partial charge in [0.15, 0.2) is 0 Å². The van der Waals surface area contributed by atoms with Crippen LogP contribution in [0.25, 0.3) is 0 Å². The number of nitrogens with zero attached hydrogens (tertiary/aromatic N) is 2. The lowest BCUT2D eigenvalue weighted by molar-refractivity contribution is -0.150. The van der Waals surface area contributed by atoms with Gasteiger partial charge in [-0.3, -0.25) is 9.36 Å². The Hall–Kier alpha value is -2.26. The normalized spacial score (nSPS) is 23.1. The Bertz CT molecular complexity index is 632. The van der Waals surface area contributed by atoms with Gasteiger partial charge in [0.25, 0.3) is 0 Å². The van der Waals surface area contributed by atoms with Crippen LogP contribution in [0.2, 0.25) is 0 Å². The smallest absolute Gasteiger partial charge is 0.351 e. The van der Waals surface area contributed by atoms with Crippen molar-refractivity contribution in [2.75, 3.05) is 12.3 Å². The van der Waals surface area contributed by atoms with Crippen LogP contribution in [0.1, 0.15) is 38.3 Å². The van der Waals surface area contributed by atoms with Crippen molar-refractivity contribution in [3.63, 3.8) is 0 Å². The van der Waals surface area contributed by atoms with Crippen LogP contribution in [0.15, 0.2) is 17.1 Å². The fourth-order valence-corrected chi connectivity index (χ4v) is 2.43. The molecule has 0 unspecified atom stereocenters. The zero-order valence-electron chi connectivity index (χ0n) is 13.2. The number of aldehydes is 1. The molecule has 1 saturated heterocycles. The highest BCUT2D eigenvalue weighted by Gasteiger charge is 2.36. The predicted octanol–water partition coefficient (Wildman–Crippen LogP) is -0.224. The molecule has 0 aromatic carbocycles. The zero-order chi connectivity index (χ0) is 17.5. The molecule has 1 fully saturated rings. The third-order valence-electron chi connectivity index (χ3n) is 3.73. The van der Waals surface area contributed by atoms with Crippen molar-refractivity contribution in [2.45, 2.75) is 50.5 Å². The Balaban J connectivity index is 1.82. The number of anilines is 1. The second kappa shape index (κ2) is 8.55. The summed E-state index contributed by atoms with van der Waals surface area (Å²) < 4.78 is 11.9. The van der Waals surface area contributed by atoms with Gasteiger partial charge in [-0.15, -0.1) is 0 Å². The number of carbonyl (C=O) groups excluding carboxylic acids is 2. The van der Waals surface area contributed by atoms with Crippen LogP contribution in [0.3, 0.4) is 0 Å². The highest BCUT2D eigenvalue weighted by molar-refractivity contribution is 5.69. The van der Waals surface area contributed by atoms with Gasteiger partial charge < -0.3 is 25.1 Å². The molecule has 3 atom stereocenters. The molecule has 0 amide bonds. The van der Waals surface area contributed by atoms with Crippen molar-refractivity contribution < 1.29 is 24.2 Å². The van der Waals surface area contributed by atoms with Crippen LogP contribution < -0.4 is 11.4 Å². The van der Waals surface area contributed by atoms with Crippen LogP contribution in [0.4, 0.5) is 5.82 Å². The van der Waals surface area contributed by atoms with Crippen molar-refractivity contribution in [1.29, 1.82) is 0 Å². The van der Waals surface area contributed by atoms with Gasteiger partial charge in [-0.1, -0.05) is 0 Å². The first-order valence-electron chi connectivity index (χ1n) is 7.78. The Morgan fingerprint density at radius 1 is 1.54 bits per heavy atom. The number of aliphatic hydroxyl groups excluding tert-OH is 1. The van der Waals surface area contributed by atoms with E-state index in [1.807, 2.05) is 0 Å². The number of unbranched alkanes of at least 4 members (excludes halogenated alkanes) is 2. The minimum absolute atomic E-state index is 0.0959. The van der Waals surface area contributed by atoms with E-state index in [1.54, 1.807) is 0 Å². The average molecular weight is 339 g/mol. The monoisotopic (exact) mass is 339 g/mol. The lowest BCUT2D eigenvalue weighted by Crippen LogP contribution is -2.29. The average Bonchev–Trinajstić information content (AvgIpc) is 2.90. The van der Waals surface area contributed by atoms with Crippen molar-refractivity contribution in [2.24, 2.45) is 0 Å². The van der Waals surface area contributed by atoms with E-state index in [0.29, 0.717) is 19.3 Å². The second-order valence-corrected chi connectivity index (χ2v) is 5.57. The van der Waals surface area contributed by atoms with E-state index in [0.717, 1.165) is 6.29 Å². The number of nitrogens with two attached hydrogens (primary N) is 1. The van der Waals surface area contributed by atoms with Crippen LogP contribution in [0, 0.1) is 0 Å². The van der Waals surface area contributed by atoms with Gasteiger partial charge in [0.2, 0.25) is 0 Å². The Labute approximate surface area is 138 Å². The zero-order valence-corrected chi connectivity index (χ0v) is 13.2. The second-order valence-electron chi connectivity index (χ2n) is 5.57. The molecule has 9 nitrogen and oxygen atoms in total. The third-order valence-corrected chi connectivity index (χ3v) is 3.73. The molecule has 24 heavy (non-hydrogen) atoms. The molecule has 0 radical (unpaired) electrons. The largest absolute Gasteiger partial charge is 0.463 e. The summed E-state index contributed by atoms with van der Waals surface area (Å²) >= 11 is 0. The Morgan fingerprint density at radius 3 is 3.04 bits per heavy atom. The number of esters is 1. The molecule has 0 aliphatic carbocycles. The molecule has 1 aromatic rings. The number of aliphatic hydroxyl groups is 1. The summed E-state index contributed by atoms with van der Waals surface area (Å²) in [5.74, 6) is -0.304. The SMILES string of the molecule is Nc1ccn([C@H]2C[C@H](O)[C@@H](COC(=O)CCCCC=O)O2)c(=O)n1. The van der Waals surface area contributed by atoms with E-state index in [-0.39, 0.29) is 25.3 Å². The van der Waals surface area contributed by atoms with Crippen LogP contribution in [-0.4, -0.2) is 45.7 Å². The first kappa shape index (κ1) is 18.1. The van der Waals surface area contributed by atoms with Gasteiger partial charge in [0.05, 0.1) is 6.10 Å². The lowest BCUT2D eigenvalue weighted by atomic mass is 10.2. The highest BCUT2D eigenvalue weighted by atomic mass is 16.6. The van der Waals surface area contributed by atoms with Gasteiger partial charge in [-0.2, -0.15) is 4.98 Å². The molecule has 1 aliphatic heterocycles. The van der Waals surface area contributed by atoms with Gasteiger partial charge in [-0.25, -0.2) is 4.79 Å². The molecule has 0 spiro atoms. The van der Waals surface area contributed by atoms with Crippen molar-refractivity contribution >= 4 is 18.1 Å². The van der Waals surface area contributed by atoms with E-state index >= 15 is 0 Å². The minimum Gasteiger partial charge on any atom is -0.463 e. The first-order valence-corrected chi connectivity index (χ1v) is 7.78. The Morgan fingerprint density at radius 2 is 2.33 bits per heavy atom. The fraction of sp³-hybridized carbons (Fsp3) is 0.600. The van der Waals surface area contributed by atoms with Crippen LogP contribution in [0.5, 0.6) is 0 Å². The van der Waals surface area contributed by atoms with Crippen LogP contribution in [-0.2, 0) is 19.1 Å². The molecule has 132 valence electrons. The Kier molecular flexibility index (Phi) is 6.44. The number of hydrogen-bond acceptors (Lipinski definition) is 8. The van der Waals surface area contributed by atoms with Crippen molar-refractivity contribution in [1.82, 2.24) is 9.55 Å². The number of hydrogen-bond donors (Lipinski definition) is 2. The summed E-state index contributed by atoms with van der Waals surface area (Å²) in [5, 5.41) is 10.0. The molecule has 3 N–H and O–H groups in total. The molecule has 9 heteroatoms. The van der Waals surface area contributed by atoms with E-state index in [2.05, 4.69) is 4.98 Å². The summed E-state index contributed by atoms with van der Waals surface area (Å²) in [4.78, 5) is 37.1. The number of nitrogen functional groups attached to an aromatic ring is 1. The molecular formula is C15H21N3O6. The number of ether oxygens (including phenoxy) is 2. The van der Waals surface area contributed by atoms with E-state index < -0.39 is 30.1 Å². The summed E-state index contributed by atoms with van der Waals surface area (Å²) in [6.45, 7) is -0.0959. The maximum Gasteiger partial charge on any atom is 0.351 e. The maximum absolute atomic E-state index is 11.8. The van der Waals surface area contributed by atoms with Gasteiger partial charge in [0, 0.05) is 25.5 Å². The topological polar surface area (TPSA) is 134 Å². The van der Waals surface area contributed by atoms with E-state index in [9.17, 15) is 19.5 Å². The fourth-order valence-electron chi connectivity index (χ4n) is 2.43. The van der Waals surface area contributed by atoms with Crippen molar-refractivity contribution in [3.05, 3.63) is 22.7 Å². The molecule has 0 bridgehead atoms. The predicted molar refractivity (Wildman–Crippen MR) is 82.9 cm³/mol. The van der Waals surface area contributed by atoms with E-state index in [1.165, 1.54) is 16.8 Å². The highest BCUT2D eigenvalue weighted by Crippen LogP contribution is 2.27. The van der Waals surface area contributed by atoms with Crippen LogP contribution >= 0.6 is 0 Å². The first-order chi connectivity index (χ1) is 11.5. The number of carbonyl (C=O) groups is 2. The van der Waals surface area contributed by atoms with Gasteiger partial charge in [-0.05, 0) is 18.9 Å². The third kappa shape index (κ3) is 4.87. The summed E-state index contributed by atoms with van der Waals surface area (Å²) in [5.41, 5.74) is 4.86. The molecule has 1 aliphatic rings. The van der Waals surface area contributed by atoms with Gasteiger partial charge >= 0.3 is 11.7 Å². The standard InChI is InChI=1S/C15H21N3O6/c16-12-5-6-18(15(22)17-12)13-8-10(20)11(24-13)9-23-14(21)4-2-1-3-7-19/h5-7,10-11,13,20H,1-4,8-9H2,(H2,16,17,22)/t10-,11+,13+/m0/s1. The minimum atomic E-state index is -0.859. The molecule has 2 rings (SSSR count). The number of aromatic nitrogens is 2. The van der Waals surface area contributed by atoms with Gasteiger partial charge in [0.1, 0.15) is 31.0 Å². The van der Waals surface area contributed by atoms with Crippen molar-refractivity contribution in [3.8, 4) is 0 Å². The molecule has 1 aromatic heterocycles. The number of rotatable bonds is 8. The summed E-state index contributed by atoms with van der Waals surface area (Å²) in [7, 11) is 0. The molecule has 2 heterocycles. The quantitative estimate of drug-likeness (QED) is 0.377. The molecule has 0 saturated carbocycles. The van der Waals surface area contributed by atoms with E-state index in [4.69, 9.17) is 15.2 Å². The maximum atomic E-state index is 11.8. The summed E-state index contributed by atoms with van der Waals surface area (Å²) in [6.07, 6.45) is 2.03.